The van der Waals surface area contributed by atoms with Gasteiger partial charge in [-0.2, -0.15) is 0 Å². The number of hydrogen-bond donors (Lipinski definition) is 2. The number of fused-ring (bicyclic) bond motifs is 1. The third-order valence-electron chi connectivity index (χ3n) is 6.01. The zero-order valence-electron chi connectivity index (χ0n) is 14.7. The van der Waals surface area contributed by atoms with Crippen molar-refractivity contribution >= 4 is 5.91 Å². The van der Waals surface area contributed by atoms with E-state index in [1.54, 1.807) is 12.1 Å². The van der Waals surface area contributed by atoms with Gasteiger partial charge in [-0.3, -0.25) is 9.59 Å². The first kappa shape index (κ1) is 17.0. The number of nitrogens with zero attached hydrogens (tertiary/aromatic N) is 1. The van der Waals surface area contributed by atoms with Crippen LogP contribution in [0.4, 0.5) is 0 Å². The minimum atomic E-state index is -0.896. The van der Waals surface area contributed by atoms with Gasteiger partial charge in [0.1, 0.15) is 5.69 Å². The van der Waals surface area contributed by atoms with E-state index in [4.69, 9.17) is 0 Å². The highest BCUT2D eigenvalue weighted by atomic mass is 16.3. The molecule has 5 nitrogen and oxygen atoms in total. The molecular formula is C21H24N2O3. The Morgan fingerprint density at radius 3 is 2.62 bits per heavy atom. The molecule has 0 unspecified atom stereocenters. The van der Waals surface area contributed by atoms with Gasteiger partial charge in [0.25, 0.3) is 5.91 Å². The lowest BCUT2D eigenvalue weighted by molar-refractivity contribution is -0.110. The van der Waals surface area contributed by atoms with Crippen molar-refractivity contribution in [1.29, 1.82) is 0 Å². The lowest BCUT2D eigenvalue weighted by atomic mass is 9.66. The Morgan fingerprint density at radius 1 is 1.08 bits per heavy atom. The summed E-state index contributed by atoms with van der Waals surface area (Å²) in [6.07, 6.45) is 4.44. The van der Waals surface area contributed by atoms with Crippen molar-refractivity contribution in [3.63, 3.8) is 0 Å². The third kappa shape index (κ3) is 2.86. The number of H-pyrrole nitrogens is 1. The van der Waals surface area contributed by atoms with Gasteiger partial charge in [0.15, 0.2) is 0 Å². The molecule has 0 radical (unpaired) electrons. The number of nitrogens with one attached hydrogen (secondary N) is 1. The number of hydrogen-bond acceptors (Lipinski definition) is 3. The molecule has 2 heterocycles. The summed E-state index contributed by atoms with van der Waals surface area (Å²) in [4.78, 5) is 29.1. The molecule has 1 saturated carbocycles. The van der Waals surface area contributed by atoms with E-state index in [1.165, 1.54) is 6.07 Å². The van der Waals surface area contributed by atoms with Crippen LogP contribution in [0.1, 0.15) is 48.2 Å². The maximum Gasteiger partial charge on any atom is 0.270 e. The number of aromatic amines is 1. The van der Waals surface area contributed by atoms with E-state index in [2.05, 4.69) is 4.98 Å². The average Bonchev–Trinajstić information content (AvgIpc) is 2.69. The fourth-order valence-corrected chi connectivity index (χ4v) is 4.75. The maximum atomic E-state index is 13.0. The van der Waals surface area contributed by atoms with Crippen LogP contribution in [-0.4, -0.2) is 33.5 Å². The summed E-state index contributed by atoms with van der Waals surface area (Å²) in [5, 5.41) is 11.6. The summed E-state index contributed by atoms with van der Waals surface area (Å²) in [6, 6.07) is 14.5. The van der Waals surface area contributed by atoms with E-state index in [-0.39, 0.29) is 23.4 Å². The Morgan fingerprint density at radius 2 is 1.85 bits per heavy atom. The number of aromatic nitrogens is 1. The molecule has 2 aromatic rings. The standard InChI is InChI=1S/C21H24N2O3/c24-19-12-6-10-17(22-19)20(25)23-14-13-21(26,15-7-2-1-3-8-15)16-9-4-5-11-18(16)23/h1-3,6-8,10,12,16,18,26H,4-5,9,11,13-14H2,(H,22,24)/t16-,18+,21-/m0/s1. The zero-order valence-corrected chi connectivity index (χ0v) is 14.7. The first-order valence-electron chi connectivity index (χ1n) is 9.38. The fourth-order valence-electron chi connectivity index (χ4n) is 4.75. The van der Waals surface area contributed by atoms with Gasteiger partial charge in [-0.1, -0.05) is 49.2 Å². The summed E-state index contributed by atoms with van der Waals surface area (Å²) >= 11 is 0. The number of carbonyl (C=O) groups is 1. The van der Waals surface area contributed by atoms with E-state index >= 15 is 0 Å². The molecule has 0 bridgehead atoms. The summed E-state index contributed by atoms with van der Waals surface area (Å²) in [5.74, 6) is -0.124. The van der Waals surface area contributed by atoms with Crippen molar-refractivity contribution in [3.05, 3.63) is 70.1 Å². The largest absolute Gasteiger partial charge is 0.385 e. The molecule has 1 aliphatic heterocycles. The highest BCUT2D eigenvalue weighted by Crippen LogP contribution is 2.47. The molecule has 26 heavy (non-hydrogen) atoms. The summed E-state index contributed by atoms with van der Waals surface area (Å²) in [7, 11) is 0. The number of carbonyl (C=O) groups excluding carboxylic acids is 1. The normalized spacial score (nSPS) is 28.4. The molecule has 1 amide bonds. The summed E-state index contributed by atoms with van der Waals surface area (Å²) in [5.41, 5.74) is 0.102. The van der Waals surface area contributed by atoms with Gasteiger partial charge in [0.05, 0.1) is 5.60 Å². The molecule has 0 spiro atoms. The number of piperidine rings is 1. The van der Waals surface area contributed by atoms with Gasteiger partial charge in [-0.25, -0.2) is 0 Å². The Kier molecular flexibility index (Phi) is 4.41. The molecule has 3 atom stereocenters. The molecule has 2 N–H and O–H groups in total. The Hall–Kier alpha value is -2.40. The van der Waals surface area contributed by atoms with Crippen LogP contribution < -0.4 is 5.56 Å². The molecule has 1 aliphatic carbocycles. The minimum absolute atomic E-state index is 0.00101. The van der Waals surface area contributed by atoms with Crippen LogP contribution in [0.25, 0.3) is 0 Å². The minimum Gasteiger partial charge on any atom is -0.385 e. The van der Waals surface area contributed by atoms with Crippen LogP contribution in [0.2, 0.25) is 0 Å². The van der Waals surface area contributed by atoms with Crippen LogP contribution in [-0.2, 0) is 5.60 Å². The number of amides is 1. The molecule has 136 valence electrons. The number of aliphatic hydroxyl groups is 1. The zero-order chi connectivity index (χ0) is 18.1. The number of rotatable bonds is 2. The second kappa shape index (κ2) is 6.72. The van der Waals surface area contributed by atoms with Gasteiger partial charge >= 0.3 is 0 Å². The SMILES string of the molecule is O=C(c1cccc(=O)[nH]1)N1CC[C@](O)(c2ccccc2)[C@H]2CCCC[C@H]21. The van der Waals surface area contributed by atoms with Crippen LogP contribution in [0, 0.1) is 5.92 Å². The predicted octanol–water partition coefficient (Wildman–Crippen LogP) is 2.67. The third-order valence-corrected chi connectivity index (χ3v) is 6.01. The van der Waals surface area contributed by atoms with E-state index < -0.39 is 5.60 Å². The van der Waals surface area contributed by atoms with Gasteiger partial charge in [-0.15, -0.1) is 0 Å². The molecule has 2 fully saturated rings. The van der Waals surface area contributed by atoms with Crippen molar-refractivity contribution in [1.82, 2.24) is 9.88 Å². The lowest BCUT2D eigenvalue weighted by Crippen LogP contribution is -2.59. The van der Waals surface area contributed by atoms with Crippen LogP contribution in [0.5, 0.6) is 0 Å². The second-order valence-electron chi connectivity index (χ2n) is 7.43. The summed E-state index contributed by atoms with van der Waals surface area (Å²) in [6.45, 7) is 0.488. The first-order chi connectivity index (χ1) is 12.6. The van der Waals surface area contributed by atoms with Crippen LogP contribution in [0.15, 0.2) is 53.3 Å². The molecule has 1 saturated heterocycles. The topological polar surface area (TPSA) is 73.4 Å². The van der Waals surface area contributed by atoms with Crippen LogP contribution in [0.3, 0.4) is 0 Å². The smallest absolute Gasteiger partial charge is 0.270 e. The molecule has 2 aliphatic rings. The van der Waals surface area contributed by atoms with E-state index in [9.17, 15) is 14.7 Å². The van der Waals surface area contributed by atoms with E-state index in [1.807, 2.05) is 35.2 Å². The van der Waals surface area contributed by atoms with Crippen molar-refractivity contribution in [2.24, 2.45) is 5.92 Å². The van der Waals surface area contributed by atoms with Gasteiger partial charge in [0.2, 0.25) is 5.56 Å². The van der Waals surface area contributed by atoms with E-state index in [0.717, 1.165) is 31.2 Å². The number of likely N-dealkylation sites (tertiary alicyclic amines) is 1. The lowest BCUT2D eigenvalue weighted by Gasteiger charge is -2.52. The van der Waals surface area contributed by atoms with Crippen molar-refractivity contribution in [2.45, 2.75) is 43.7 Å². The highest BCUT2D eigenvalue weighted by Gasteiger charge is 2.50. The Bertz CT molecular complexity index is 848. The van der Waals surface area contributed by atoms with Crippen LogP contribution >= 0.6 is 0 Å². The number of benzene rings is 1. The van der Waals surface area contributed by atoms with E-state index in [0.29, 0.717) is 18.7 Å². The van der Waals surface area contributed by atoms with Crippen molar-refractivity contribution in [3.8, 4) is 0 Å². The van der Waals surface area contributed by atoms with Crippen molar-refractivity contribution < 1.29 is 9.90 Å². The Balaban J connectivity index is 1.67. The quantitative estimate of drug-likeness (QED) is 0.873. The molecule has 1 aromatic heterocycles. The molecule has 1 aromatic carbocycles. The highest BCUT2D eigenvalue weighted by molar-refractivity contribution is 5.92. The monoisotopic (exact) mass is 352 g/mol. The van der Waals surface area contributed by atoms with Gasteiger partial charge < -0.3 is 15.0 Å². The maximum absolute atomic E-state index is 13.0. The molecule has 4 rings (SSSR count). The van der Waals surface area contributed by atoms with Gasteiger partial charge in [0, 0.05) is 24.6 Å². The summed E-state index contributed by atoms with van der Waals surface area (Å²) < 4.78 is 0. The van der Waals surface area contributed by atoms with Gasteiger partial charge in [-0.05, 0) is 30.9 Å². The first-order valence-corrected chi connectivity index (χ1v) is 9.38. The molecular weight excluding hydrogens is 328 g/mol. The molecule has 5 heteroatoms. The number of pyridine rings is 1. The van der Waals surface area contributed by atoms with Crippen molar-refractivity contribution in [2.75, 3.05) is 6.54 Å². The fraction of sp³-hybridized carbons (Fsp3) is 0.429. The second-order valence-corrected chi connectivity index (χ2v) is 7.43. The average molecular weight is 352 g/mol. The Labute approximate surface area is 152 Å². The predicted molar refractivity (Wildman–Crippen MR) is 98.8 cm³/mol.